The molecule has 1 aromatic carbocycles. The molecule has 3 heterocycles. The number of aliphatic hydroxyl groups excluding tert-OH is 5. The van der Waals surface area contributed by atoms with Crippen LogP contribution in [0.15, 0.2) is 35.4 Å². The first-order valence-electron chi connectivity index (χ1n) is 17.8. The van der Waals surface area contributed by atoms with E-state index in [1.165, 1.54) is 24.3 Å². The third-order valence-electron chi connectivity index (χ3n) is 11.5. The van der Waals surface area contributed by atoms with Gasteiger partial charge in [0.15, 0.2) is 35.5 Å². The Morgan fingerprint density at radius 1 is 0.788 bits per heavy atom. The van der Waals surface area contributed by atoms with E-state index < -0.39 is 113 Å². The number of carbonyl (C=O) groups is 3. The van der Waals surface area contributed by atoms with Crippen molar-refractivity contribution in [1.82, 2.24) is 0 Å². The average Bonchev–Trinajstić information content (AvgIpc) is 3.06. The number of fused-ring (bicyclic) bond motifs is 3. The number of ketones is 3. The summed E-state index contributed by atoms with van der Waals surface area (Å²) in [6, 6.07) is 2.68. The van der Waals surface area contributed by atoms with Gasteiger partial charge in [-0.05, 0) is 45.3 Å². The molecule has 7 rings (SSSR count). The van der Waals surface area contributed by atoms with Crippen LogP contribution in [0.3, 0.4) is 0 Å². The van der Waals surface area contributed by atoms with Crippen LogP contribution < -0.4 is 0 Å². The fourth-order valence-electron chi connectivity index (χ4n) is 8.76. The molecule has 0 bridgehead atoms. The first-order chi connectivity index (χ1) is 24.5. The fourth-order valence-corrected chi connectivity index (χ4v) is 8.76. The van der Waals surface area contributed by atoms with E-state index in [4.69, 9.17) is 23.7 Å². The number of Topliss-reactive ketones (excluding diaryl/α,β-unsaturated/α-hetero) is 3. The summed E-state index contributed by atoms with van der Waals surface area (Å²) in [5, 5.41) is 75.8. The summed E-state index contributed by atoms with van der Waals surface area (Å²) >= 11 is 0. The number of carbonyl (C=O) groups excluding carboxylic acids is 3. The molecule has 3 aliphatic carbocycles. The molecule has 0 radical (unpaired) electrons. The van der Waals surface area contributed by atoms with Gasteiger partial charge in [0, 0.05) is 42.4 Å². The summed E-state index contributed by atoms with van der Waals surface area (Å²) < 4.78 is 30.0. The molecule has 15 atom stereocenters. The molecule has 284 valence electrons. The van der Waals surface area contributed by atoms with Gasteiger partial charge in [0.05, 0.1) is 53.9 Å². The summed E-state index contributed by atoms with van der Waals surface area (Å²) in [6.45, 7) is 6.56. The molecule has 4 fully saturated rings. The van der Waals surface area contributed by atoms with Gasteiger partial charge >= 0.3 is 0 Å². The van der Waals surface area contributed by atoms with Gasteiger partial charge in [0.25, 0.3) is 0 Å². The van der Waals surface area contributed by atoms with E-state index >= 15 is 0 Å². The first kappa shape index (κ1) is 37.4. The number of phenols is 1. The molecular formula is C37H46O15. The van der Waals surface area contributed by atoms with Gasteiger partial charge in [-0.1, -0.05) is 19.1 Å². The molecular weight excluding hydrogens is 684 g/mol. The predicted molar refractivity (Wildman–Crippen MR) is 176 cm³/mol. The Labute approximate surface area is 299 Å². The zero-order valence-electron chi connectivity index (χ0n) is 29.2. The number of hydrogen-bond acceptors (Lipinski definition) is 15. The number of benzene rings is 1. The summed E-state index contributed by atoms with van der Waals surface area (Å²) in [7, 11) is 0. The van der Waals surface area contributed by atoms with Crippen molar-refractivity contribution in [2.24, 2.45) is 5.92 Å². The Morgan fingerprint density at radius 2 is 1.42 bits per heavy atom. The van der Waals surface area contributed by atoms with Gasteiger partial charge in [0.1, 0.15) is 29.7 Å². The maximum Gasteiger partial charge on any atom is 0.198 e. The lowest BCUT2D eigenvalue weighted by molar-refractivity contribution is -0.329. The van der Waals surface area contributed by atoms with Crippen molar-refractivity contribution in [3.8, 4) is 5.75 Å². The number of ether oxygens (including phenoxy) is 5. The number of aromatic hydroxyl groups is 1. The van der Waals surface area contributed by atoms with E-state index in [1.54, 1.807) is 27.7 Å². The second kappa shape index (κ2) is 13.4. The zero-order valence-corrected chi connectivity index (χ0v) is 29.2. The Morgan fingerprint density at radius 3 is 2.08 bits per heavy atom. The smallest absolute Gasteiger partial charge is 0.198 e. The van der Waals surface area contributed by atoms with Crippen molar-refractivity contribution in [1.29, 1.82) is 0 Å². The van der Waals surface area contributed by atoms with Gasteiger partial charge in [0.2, 0.25) is 0 Å². The lowest BCUT2D eigenvalue weighted by atomic mass is 9.58. The Bertz CT molecular complexity index is 1670. The van der Waals surface area contributed by atoms with Gasteiger partial charge in [-0.25, -0.2) is 0 Å². The van der Waals surface area contributed by atoms with Crippen molar-refractivity contribution < 1.29 is 73.8 Å². The minimum atomic E-state index is -2.64. The summed E-state index contributed by atoms with van der Waals surface area (Å²) in [5.74, 6) is -3.29. The minimum Gasteiger partial charge on any atom is -0.507 e. The maximum absolute atomic E-state index is 14.3. The largest absolute Gasteiger partial charge is 0.507 e. The number of allylic oxidation sites excluding steroid dienone is 2. The second-order valence-corrected chi connectivity index (χ2v) is 15.2. The highest BCUT2D eigenvalue weighted by Gasteiger charge is 2.66. The third kappa shape index (κ3) is 5.82. The van der Waals surface area contributed by atoms with Crippen LogP contribution in [0.25, 0.3) is 0 Å². The van der Waals surface area contributed by atoms with Crippen molar-refractivity contribution in [3.05, 3.63) is 52.1 Å². The number of aliphatic hydroxyl groups is 6. The maximum atomic E-state index is 14.3. The van der Waals surface area contributed by atoms with E-state index in [2.05, 4.69) is 0 Å². The van der Waals surface area contributed by atoms with Crippen LogP contribution in [0.1, 0.15) is 92.2 Å². The third-order valence-corrected chi connectivity index (χ3v) is 11.5. The van der Waals surface area contributed by atoms with Crippen molar-refractivity contribution in [3.63, 3.8) is 0 Å². The molecule has 52 heavy (non-hydrogen) atoms. The van der Waals surface area contributed by atoms with Crippen LogP contribution >= 0.6 is 0 Å². The molecule has 1 aromatic rings. The summed E-state index contributed by atoms with van der Waals surface area (Å²) in [6.07, 6.45) is -9.67. The predicted octanol–water partition coefficient (Wildman–Crippen LogP) is 0.433. The van der Waals surface area contributed by atoms with Crippen LogP contribution in [-0.2, 0) is 28.5 Å². The number of phenolic OH excluding ortho intramolecular Hbond substituents is 1. The lowest BCUT2D eigenvalue weighted by Crippen LogP contribution is -2.68. The molecule has 0 aromatic heterocycles. The molecule has 15 heteroatoms. The standard InChI is InChI=1S/C37H46O15/c1-14-9-25(41)37(47)29-20(33(45)28-19(34(29)46)6-5-18(32(28)44)24-10-21(38)30(42)15(2)48-24)7-8-36(37,13-14)52-27-12-23(40)35(17(4)50-27)51-26-11-22(39)31(43)16(3)49-26/h5-8,14-17,21-24,26-27,30-31,35,38-40,42-44,47H,9-13H2,1-4H3/t14?,15-,16-,17+,21-,22-,23+,24-,26-,27+,30-,31+,35-,36?,37?/m1/s1. The molecule has 7 N–H and O–H groups in total. The van der Waals surface area contributed by atoms with Gasteiger partial charge < -0.3 is 59.4 Å². The average molecular weight is 731 g/mol. The monoisotopic (exact) mass is 730 g/mol. The van der Waals surface area contributed by atoms with E-state index in [0.717, 1.165) is 0 Å². The lowest BCUT2D eigenvalue weighted by Gasteiger charge is -2.54. The van der Waals surface area contributed by atoms with Gasteiger partial charge in [-0.2, -0.15) is 0 Å². The molecule has 6 aliphatic rings. The van der Waals surface area contributed by atoms with E-state index in [-0.39, 0.29) is 60.3 Å². The van der Waals surface area contributed by atoms with Crippen LogP contribution in [0, 0.1) is 5.92 Å². The van der Waals surface area contributed by atoms with E-state index in [1.807, 2.05) is 0 Å². The Hall–Kier alpha value is -2.93. The van der Waals surface area contributed by atoms with Crippen LogP contribution in [0.5, 0.6) is 5.75 Å². The van der Waals surface area contributed by atoms with E-state index in [0.29, 0.717) is 0 Å². The summed E-state index contributed by atoms with van der Waals surface area (Å²) in [4.78, 5) is 42.5. The molecule has 1 saturated carbocycles. The molecule has 3 aliphatic heterocycles. The first-order valence-corrected chi connectivity index (χ1v) is 17.8. The van der Waals surface area contributed by atoms with Crippen molar-refractivity contribution >= 4 is 17.3 Å². The normalized spacial score (nSPS) is 45.0. The van der Waals surface area contributed by atoms with Crippen molar-refractivity contribution in [2.45, 2.75) is 145 Å². The summed E-state index contributed by atoms with van der Waals surface area (Å²) in [5.41, 5.74) is -5.75. The molecule has 0 spiro atoms. The molecule has 3 unspecified atom stereocenters. The fraction of sp³-hybridized carbons (Fsp3) is 0.649. The number of hydrogen-bond donors (Lipinski definition) is 7. The topological polar surface area (TPSA) is 239 Å². The van der Waals surface area contributed by atoms with E-state index in [9.17, 15) is 50.1 Å². The van der Waals surface area contributed by atoms with Crippen LogP contribution in [0.2, 0.25) is 0 Å². The highest BCUT2D eigenvalue weighted by atomic mass is 16.7. The van der Waals surface area contributed by atoms with Gasteiger partial charge in [-0.3, -0.25) is 14.4 Å². The molecule has 15 nitrogen and oxygen atoms in total. The quantitative estimate of drug-likeness (QED) is 0.218. The highest BCUT2D eigenvalue weighted by Crippen LogP contribution is 2.53. The number of rotatable bonds is 5. The molecule has 0 amide bonds. The zero-order chi connectivity index (χ0) is 37.6. The Balaban J connectivity index is 1.17. The minimum absolute atomic E-state index is 0.0322. The van der Waals surface area contributed by atoms with Gasteiger partial charge in [-0.15, -0.1) is 0 Å². The van der Waals surface area contributed by atoms with Crippen LogP contribution in [0.4, 0.5) is 0 Å². The second-order valence-electron chi connectivity index (χ2n) is 15.2. The Kier molecular flexibility index (Phi) is 9.65. The highest BCUT2D eigenvalue weighted by molar-refractivity contribution is 6.31. The van der Waals surface area contributed by atoms with Crippen LogP contribution in [-0.4, -0.2) is 132 Å². The molecule has 3 saturated heterocycles. The van der Waals surface area contributed by atoms with Crippen molar-refractivity contribution in [2.75, 3.05) is 0 Å². The SMILES string of the molecule is CC1CC(=O)C2(O)C3=C(C=CC2(O[C@H]2C[C@H](O)[C@H](O[C@@H]4C[C@@H](O)[C@@H](O)[C@@H](C)O4)[C@H](C)O2)C1)C(=O)c1c(ccc([C@H]2C[C@@H](O)[C@H](O)[C@@H](C)O2)c1O)C3=O.